The molecule has 1 aromatic rings. The first-order chi connectivity index (χ1) is 9.70. The number of aryl methyl sites for hydroxylation is 1. The Morgan fingerprint density at radius 3 is 2.30 bits per heavy atom. The summed E-state index contributed by atoms with van der Waals surface area (Å²) in [4.78, 5) is 11.2. The van der Waals surface area contributed by atoms with Crippen LogP contribution in [-0.4, -0.2) is 5.24 Å². The van der Waals surface area contributed by atoms with Crippen molar-refractivity contribution < 1.29 is 4.79 Å². The van der Waals surface area contributed by atoms with E-state index in [-0.39, 0.29) is 11.2 Å². The Morgan fingerprint density at radius 1 is 1.10 bits per heavy atom. The summed E-state index contributed by atoms with van der Waals surface area (Å²) in [5, 5.41) is -0.144. The van der Waals surface area contributed by atoms with Crippen LogP contribution in [0.1, 0.15) is 68.9 Å². The predicted molar refractivity (Wildman–Crippen MR) is 85.2 cm³/mol. The number of carbonyl (C=O) groups is 1. The fourth-order valence-corrected chi connectivity index (χ4v) is 3.41. The summed E-state index contributed by atoms with van der Waals surface area (Å²) < 4.78 is 0. The van der Waals surface area contributed by atoms with E-state index in [1.165, 1.54) is 36.8 Å². The first-order valence-electron chi connectivity index (χ1n) is 7.99. The van der Waals surface area contributed by atoms with Crippen molar-refractivity contribution in [2.45, 2.75) is 64.2 Å². The summed E-state index contributed by atoms with van der Waals surface area (Å²) in [6.45, 7) is 2.24. The number of carbonyl (C=O) groups excluding carboxylic acids is 1. The van der Waals surface area contributed by atoms with Gasteiger partial charge in [-0.25, -0.2) is 0 Å². The molecular weight excluding hydrogens is 268 g/mol. The quantitative estimate of drug-likeness (QED) is 0.503. The van der Waals surface area contributed by atoms with Gasteiger partial charge in [0.1, 0.15) is 0 Å². The minimum absolute atomic E-state index is 0.0984. The number of hydrogen-bond acceptors (Lipinski definition) is 1. The third kappa shape index (κ3) is 4.34. The second-order valence-electron chi connectivity index (χ2n) is 6.05. The van der Waals surface area contributed by atoms with Gasteiger partial charge in [0.15, 0.2) is 0 Å². The number of halogens is 1. The first-order valence-corrected chi connectivity index (χ1v) is 8.36. The Bertz CT molecular complexity index is 416. The molecule has 0 aliphatic heterocycles. The summed E-state index contributed by atoms with van der Waals surface area (Å²) in [7, 11) is 0. The van der Waals surface area contributed by atoms with Gasteiger partial charge in [0.2, 0.25) is 5.24 Å². The van der Waals surface area contributed by atoms with E-state index < -0.39 is 0 Å². The highest BCUT2D eigenvalue weighted by molar-refractivity contribution is 6.63. The normalized spacial score (nSPS) is 22.7. The molecule has 1 aliphatic carbocycles. The maximum absolute atomic E-state index is 11.2. The molecule has 1 saturated carbocycles. The fourth-order valence-electron chi connectivity index (χ4n) is 3.19. The smallest absolute Gasteiger partial charge is 0.224 e. The minimum atomic E-state index is -0.144. The molecule has 110 valence electrons. The van der Waals surface area contributed by atoms with Gasteiger partial charge in [-0.15, -0.1) is 0 Å². The van der Waals surface area contributed by atoms with Crippen molar-refractivity contribution in [1.29, 1.82) is 0 Å². The number of rotatable bonds is 6. The van der Waals surface area contributed by atoms with Crippen LogP contribution in [0, 0.1) is 5.92 Å². The van der Waals surface area contributed by atoms with Crippen LogP contribution >= 0.6 is 11.6 Å². The van der Waals surface area contributed by atoms with Crippen molar-refractivity contribution in [3.05, 3.63) is 35.4 Å². The van der Waals surface area contributed by atoms with Gasteiger partial charge in [-0.1, -0.05) is 44.0 Å². The Labute approximate surface area is 127 Å². The SMILES string of the molecule is CCCCCc1ccc(C2CCC(C(=O)Cl)CC2)cc1. The first kappa shape index (κ1) is 15.6. The zero-order valence-corrected chi connectivity index (χ0v) is 13.2. The molecule has 0 unspecified atom stereocenters. The Morgan fingerprint density at radius 2 is 1.75 bits per heavy atom. The molecule has 0 spiro atoms. The summed E-state index contributed by atoms with van der Waals surface area (Å²) >= 11 is 5.59. The van der Waals surface area contributed by atoms with Gasteiger partial charge in [0.05, 0.1) is 0 Å². The van der Waals surface area contributed by atoms with E-state index in [0.717, 1.165) is 25.7 Å². The van der Waals surface area contributed by atoms with E-state index in [2.05, 4.69) is 31.2 Å². The van der Waals surface area contributed by atoms with Gasteiger partial charge >= 0.3 is 0 Å². The lowest BCUT2D eigenvalue weighted by molar-refractivity contribution is -0.116. The van der Waals surface area contributed by atoms with Crippen molar-refractivity contribution in [1.82, 2.24) is 0 Å². The maximum atomic E-state index is 11.2. The van der Waals surface area contributed by atoms with E-state index in [9.17, 15) is 4.79 Å². The van der Waals surface area contributed by atoms with Crippen LogP contribution in [0.3, 0.4) is 0 Å². The zero-order chi connectivity index (χ0) is 14.4. The van der Waals surface area contributed by atoms with Crippen LogP contribution < -0.4 is 0 Å². The van der Waals surface area contributed by atoms with Gasteiger partial charge < -0.3 is 0 Å². The Balaban J connectivity index is 1.86. The molecule has 0 aromatic heterocycles. The van der Waals surface area contributed by atoms with Gasteiger partial charge in [-0.3, -0.25) is 4.79 Å². The largest absolute Gasteiger partial charge is 0.281 e. The highest BCUT2D eigenvalue weighted by Crippen LogP contribution is 2.36. The second kappa shape index (κ2) is 7.83. The van der Waals surface area contributed by atoms with Crippen molar-refractivity contribution in [3.8, 4) is 0 Å². The molecule has 1 aromatic carbocycles. The van der Waals surface area contributed by atoms with Crippen molar-refractivity contribution >= 4 is 16.8 Å². The van der Waals surface area contributed by atoms with Crippen molar-refractivity contribution in [2.75, 3.05) is 0 Å². The average molecular weight is 293 g/mol. The van der Waals surface area contributed by atoms with E-state index in [1.807, 2.05) is 0 Å². The van der Waals surface area contributed by atoms with Crippen molar-refractivity contribution in [3.63, 3.8) is 0 Å². The highest BCUT2D eigenvalue weighted by atomic mass is 35.5. The van der Waals surface area contributed by atoms with Crippen LogP contribution in [0.2, 0.25) is 0 Å². The van der Waals surface area contributed by atoms with Gasteiger partial charge in [0, 0.05) is 5.92 Å². The van der Waals surface area contributed by atoms with E-state index in [1.54, 1.807) is 0 Å². The molecule has 1 fully saturated rings. The molecule has 0 atom stereocenters. The molecule has 0 heterocycles. The molecular formula is C18H25ClO. The van der Waals surface area contributed by atoms with E-state index in [4.69, 9.17) is 11.6 Å². The van der Waals surface area contributed by atoms with Crippen LogP contribution in [0.4, 0.5) is 0 Å². The predicted octanol–water partition coefficient (Wildman–Crippen LogP) is 5.46. The number of benzene rings is 1. The molecule has 2 rings (SSSR count). The molecule has 1 nitrogen and oxygen atoms in total. The summed E-state index contributed by atoms with van der Waals surface area (Å²) in [6.07, 6.45) is 9.17. The molecule has 0 N–H and O–H groups in total. The molecule has 0 radical (unpaired) electrons. The molecule has 0 saturated heterocycles. The topological polar surface area (TPSA) is 17.1 Å². The van der Waals surface area contributed by atoms with Crippen LogP contribution in [-0.2, 0) is 11.2 Å². The lowest BCUT2D eigenvalue weighted by atomic mass is 9.79. The van der Waals surface area contributed by atoms with Gasteiger partial charge in [-0.2, -0.15) is 0 Å². The molecule has 1 aliphatic rings. The van der Waals surface area contributed by atoms with E-state index >= 15 is 0 Å². The monoisotopic (exact) mass is 292 g/mol. The standard InChI is InChI=1S/C18H25ClO/c1-2-3-4-5-14-6-8-15(9-7-14)16-10-12-17(13-11-16)18(19)20/h6-9,16-17H,2-5,10-13H2,1H3. The fraction of sp³-hybridized carbons (Fsp3) is 0.611. The Hall–Kier alpha value is -0.820. The lowest BCUT2D eigenvalue weighted by Crippen LogP contribution is -2.17. The summed E-state index contributed by atoms with van der Waals surface area (Å²) in [5.41, 5.74) is 2.89. The van der Waals surface area contributed by atoms with Crippen molar-refractivity contribution in [2.24, 2.45) is 5.92 Å². The highest BCUT2D eigenvalue weighted by Gasteiger charge is 2.25. The second-order valence-corrected chi connectivity index (χ2v) is 6.42. The third-order valence-corrected chi connectivity index (χ3v) is 4.88. The Kier molecular flexibility index (Phi) is 6.09. The molecule has 0 amide bonds. The number of hydrogen-bond donors (Lipinski definition) is 0. The zero-order valence-electron chi connectivity index (χ0n) is 12.4. The lowest BCUT2D eigenvalue weighted by Gasteiger charge is -2.26. The average Bonchev–Trinajstić information content (AvgIpc) is 2.48. The van der Waals surface area contributed by atoms with Crippen LogP contribution in [0.25, 0.3) is 0 Å². The number of unbranched alkanes of at least 4 members (excludes halogenated alkanes) is 2. The molecule has 0 bridgehead atoms. The van der Waals surface area contributed by atoms with Gasteiger partial charge in [0.25, 0.3) is 0 Å². The minimum Gasteiger partial charge on any atom is -0.281 e. The summed E-state index contributed by atoms with van der Waals surface area (Å²) in [5.74, 6) is 0.716. The van der Waals surface area contributed by atoms with E-state index in [0.29, 0.717) is 5.92 Å². The van der Waals surface area contributed by atoms with Crippen LogP contribution in [0.5, 0.6) is 0 Å². The molecule has 2 heteroatoms. The third-order valence-electron chi connectivity index (χ3n) is 4.57. The van der Waals surface area contributed by atoms with Crippen LogP contribution in [0.15, 0.2) is 24.3 Å². The van der Waals surface area contributed by atoms with Gasteiger partial charge in [-0.05, 0) is 67.2 Å². The molecule has 20 heavy (non-hydrogen) atoms. The maximum Gasteiger partial charge on any atom is 0.224 e. The summed E-state index contributed by atoms with van der Waals surface area (Å²) in [6, 6.07) is 9.14.